The fraction of sp³-hybridized carbons (Fsp3) is 0. The van der Waals surface area contributed by atoms with E-state index in [0.717, 1.165) is 5.56 Å². The summed E-state index contributed by atoms with van der Waals surface area (Å²) >= 11 is 6.16. The summed E-state index contributed by atoms with van der Waals surface area (Å²) in [7, 11) is 0. The lowest BCUT2D eigenvalue weighted by Gasteiger charge is -1.99. The highest BCUT2D eigenvalue weighted by Crippen LogP contribution is 2.30. The molecule has 1 aliphatic rings. The standard InChI is InChI=1S/C20H11ClFNO3/c21-16-4-2-1-3-15(16)18-10-9-14(25-18)11-17-20(24)26-19(23-17)12-5-7-13(22)8-6-12/h1-11H/b17-11-. The van der Waals surface area contributed by atoms with E-state index in [-0.39, 0.29) is 17.4 Å². The summed E-state index contributed by atoms with van der Waals surface area (Å²) < 4.78 is 23.9. The van der Waals surface area contributed by atoms with E-state index in [4.69, 9.17) is 20.8 Å². The highest BCUT2D eigenvalue weighted by atomic mass is 35.5. The molecule has 128 valence electrons. The van der Waals surface area contributed by atoms with E-state index in [0.29, 0.717) is 22.1 Å². The number of carbonyl (C=O) groups is 1. The van der Waals surface area contributed by atoms with Crippen LogP contribution in [0.25, 0.3) is 17.4 Å². The van der Waals surface area contributed by atoms with Crippen molar-refractivity contribution in [3.05, 3.63) is 88.5 Å². The van der Waals surface area contributed by atoms with Crippen molar-refractivity contribution < 1.29 is 18.3 Å². The number of aliphatic imine (C=N–C) groups is 1. The fourth-order valence-electron chi connectivity index (χ4n) is 2.50. The molecule has 4 rings (SSSR count). The predicted molar refractivity (Wildman–Crippen MR) is 96.2 cm³/mol. The molecule has 0 fully saturated rings. The maximum Gasteiger partial charge on any atom is 0.363 e. The Kier molecular flexibility index (Phi) is 4.14. The highest BCUT2D eigenvalue weighted by Gasteiger charge is 2.24. The number of carbonyl (C=O) groups excluding carboxylic acids is 1. The average molecular weight is 368 g/mol. The molecule has 0 spiro atoms. The fourth-order valence-corrected chi connectivity index (χ4v) is 2.72. The molecule has 3 aromatic rings. The smallest absolute Gasteiger partial charge is 0.363 e. The summed E-state index contributed by atoms with van der Waals surface area (Å²) in [5, 5.41) is 0.568. The molecule has 4 nitrogen and oxygen atoms in total. The molecule has 2 aromatic carbocycles. The second-order valence-corrected chi connectivity index (χ2v) is 5.93. The molecule has 0 aliphatic carbocycles. The van der Waals surface area contributed by atoms with E-state index < -0.39 is 5.97 Å². The number of hydrogen-bond donors (Lipinski definition) is 0. The van der Waals surface area contributed by atoms with E-state index >= 15 is 0 Å². The van der Waals surface area contributed by atoms with Crippen molar-refractivity contribution in [1.82, 2.24) is 0 Å². The largest absolute Gasteiger partial charge is 0.457 e. The van der Waals surface area contributed by atoms with Gasteiger partial charge in [-0.2, -0.15) is 0 Å². The van der Waals surface area contributed by atoms with Gasteiger partial charge in [0.1, 0.15) is 17.3 Å². The molecule has 26 heavy (non-hydrogen) atoms. The predicted octanol–water partition coefficient (Wildman–Crippen LogP) is 5.08. The summed E-state index contributed by atoms with van der Waals surface area (Å²) in [6, 6.07) is 16.3. The summed E-state index contributed by atoms with van der Waals surface area (Å²) in [6.45, 7) is 0. The Labute approximate surface area is 153 Å². The molecule has 2 heterocycles. The summed E-state index contributed by atoms with van der Waals surface area (Å²) in [4.78, 5) is 16.2. The molecule has 0 amide bonds. The third-order valence-corrected chi connectivity index (χ3v) is 4.09. The number of hydrogen-bond acceptors (Lipinski definition) is 4. The molecule has 0 N–H and O–H groups in total. The number of rotatable bonds is 3. The maximum absolute atomic E-state index is 13.0. The first kappa shape index (κ1) is 16.3. The monoisotopic (exact) mass is 367 g/mol. The zero-order chi connectivity index (χ0) is 18.1. The van der Waals surface area contributed by atoms with Gasteiger partial charge in [-0.1, -0.05) is 23.7 Å². The average Bonchev–Trinajstić information content (AvgIpc) is 3.24. The van der Waals surface area contributed by atoms with Gasteiger partial charge in [-0.25, -0.2) is 14.2 Å². The van der Waals surface area contributed by atoms with Crippen LogP contribution in [0.2, 0.25) is 5.02 Å². The van der Waals surface area contributed by atoms with Crippen LogP contribution in [0.1, 0.15) is 11.3 Å². The molecule has 1 aliphatic heterocycles. The first-order valence-electron chi connectivity index (χ1n) is 7.73. The van der Waals surface area contributed by atoms with Gasteiger partial charge in [0, 0.05) is 17.2 Å². The zero-order valence-electron chi connectivity index (χ0n) is 13.3. The van der Waals surface area contributed by atoms with Gasteiger partial charge in [0.15, 0.2) is 5.70 Å². The SMILES string of the molecule is O=C1OC(c2ccc(F)cc2)=N/C1=C\c1ccc(-c2ccccc2Cl)o1. The zero-order valence-corrected chi connectivity index (χ0v) is 14.0. The minimum absolute atomic E-state index is 0.101. The topological polar surface area (TPSA) is 51.8 Å². The van der Waals surface area contributed by atoms with Crippen molar-refractivity contribution in [2.75, 3.05) is 0 Å². The van der Waals surface area contributed by atoms with Gasteiger partial charge in [0.2, 0.25) is 5.90 Å². The second kappa shape index (κ2) is 6.61. The second-order valence-electron chi connectivity index (χ2n) is 5.52. The van der Waals surface area contributed by atoms with Crippen LogP contribution in [-0.2, 0) is 9.53 Å². The Bertz CT molecular complexity index is 1050. The minimum atomic E-state index is -0.597. The van der Waals surface area contributed by atoms with Crippen LogP contribution in [0.15, 0.2) is 75.8 Å². The Morgan fingerprint density at radius 3 is 2.54 bits per heavy atom. The quantitative estimate of drug-likeness (QED) is 0.479. The van der Waals surface area contributed by atoms with Crippen molar-refractivity contribution in [3.8, 4) is 11.3 Å². The number of halogens is 2. The molecule has 0 radical (unpaired) electrons. The maximum atomic E-state index is 13.0. The number of benzene rings is 2. The Morgan fingerprint density at radius 2 is 1.77 bits per heavy atom. The Balaban J connectivity index is 1.63. The van der Waals surface area contributed by atoms with Crippen LogP contribution in [0.5, 0.6) is 0 Å². The summed E-state index contributed by atoms with van der Waals surface area (Å²) in [5.41, 5.74) is 1.37. The highest BCUT2D eigenvalue weighted by molar-refractivity contribution is 6.33. The van der Waals surface area contributed by atoms with Crippen molar-refractivity contribution in [3.63, 3.8) is 0 Å². The molecule has 6 heteroatoms. The molecular weight excluding hydrogens is 357 g/mol. The number of esters is 1. The first-order valence-corrected chi connectivity index (χ1v) is 8.11. The van der Waals surface area contributed by atoms with E-state index in [9.17, 15) is 9.18 Å². The van der Waals surface area contributed by atoms with Crippen molar-refractivity contribution in [1.29, 1.82) is 0 Å². The Hall–Kier alpha value is -3.18. The Morgan fingerprint density at radius 1 is 1.00 bits per heavy atom. The van der Waals surface area contributed by atoms with Gasteiger partial charge in [-0.3, -0.25) is 0 Å². The lowest BCUT2D eigenvalue weighted by atomic mass is 10.2. The molecule has 0 bridgehead atoms. The van der Waals surface area contributed by atoms with Crippen LogP contribution >= 0.6 is 11.6 Å². The van der Waals surface area contributed by atoms with Gasteiger partial charge in [0.05, 0.1) is 5.02 Å². The first-order chi connectivity index (χ1) is 12.6. The third kappa shape index (κ3) is 3.17. The molecular formula is C20H11ClFNO3. The summed E-state index contributed by atoms with van der Waals surface area (Å²) in [5.74, 6) is 0.170. The van der Waals surface area contributed by atoms with Gasteiger partial charge < -0.3 is 9.15 Å². The van der Waals surface area contributed by atoms with Gasteiger partial charge in [-0.15, -0.1) is 0 Å². The van der Waals surface area contributed by atoms with E-state index in [2.05, 4.69) is 4.99 Å². The van der Waals surface area contributed by atoms with Crippen molar-refractivity contribution in [2.24, 2.45) is 4.99 Å². The number of cyclic esters (lactones) is 1. The summed E-state index contributed by atoms with van der Waals surface area (Å²) in [6.07, 6.45) is 1.49. The molecule has 0 saturated heterocycles. The number of ether oxygens (including phenoxy) is 1. The lowest BCUT2D eigenvalue weighted by Crippen LogP contribution is -2.05. The molecule has 0 unspecified atom stereocenters. The van der Waals surface area contributed by atoms with Gasteiger partial charge in [0.25, 0.3) is 0 Å². The molecule has 1 aromatic heterocycles. The van der Waals surface area contributed by atoms with Crippen LogP contribution in [0.4, 0.5) is 4.39 Å². The van der Waals surface area contributed by atoms with Crippen LogP contribution < -0.4 is 0 Å². The number of nitrogens with zero attached hydrogens (tertiary/aromatic N) is 1. The number of furan rings is 1. The minimum Gasteiger partial charge on any atom is -0.457 e. The molecule has 0 atom stereocenters. The lowest BCUT2D eigenvalue weighted by molar-refractivity contribution is -0.129. The van der Waals surface area contributed by atoms with E-state index in [1.54, 1.807) is 18.2 Å². The van der Waals surface area contributed by atoms with Crippen molar-refractivity contribution in [2.45, 2.75) is 0 Å². The van der Waals surface area contributed by atoms with Crippen LogP contribution in [-0.4, -0.2) is 11.9 Å². The van der Waals surface area contributed by atoms with Crippen molar-refractivity contribution >= 4 is 29.5 Å². The van der Waals surface area contributed by atoms with E-state index in [1.165, 1.54) is 30.3 Å². The van der Waals surface area contributed by atoms with Crippen LogP contribution in [0.3, 0.4) is 0 Å². The normalized spacial score (nSPS) is 15.2. The van der Waals surface area contributed by atoms with E-state index in [1.807, 2.05) is 18.2 Å². The van der Waals surface area contributed by atoms with Gasteiger partial charge in [-0.05, 0) is 48.5 Å². The van der Waals surface area contributed by atoms with Crippen LogP contribution in [0, 0.1) is 5.82 Å². The third-order valence-electron chi connectivity index (χ3n) is 3.76. The molecule has 0 saturated carbocycles. The van der Waals surface area contributed by atoms with Gasteiger partial charge >= 0.3 is 5.97 Å².